The number of anilines is 1. The van der Waals surface area contributed by atoms with Crippen molar-refractivity contribution in [3.8, 4) is 5.75 Å². The average Bonchev–Trinajstić information content (AvgIpc) is 2.72. The second-order valence-electron chi connectivity index (χ2n) is 6.50. The van der Waals surface area contributed by atoms with Gasteiger partial charge in [-0.25, -0.2) is 9.38 Å². The summed E-state index contributed by atoms with van der Waals surface area (Å²) in [6.45, 7) is 2.67. The Hall–Kier alpha value is -2.87. The van der Waals surface area contributed by atoms with E-state index in [0.717, 1.165) is 12.2 Å². The minimum atomic E-state index is -0.603. The van der Waals surface area contributed by atoms with E-state index in [4.69, 9.17) is 4.74 Å². The minimum absolute atomic E-state index is 0.0765. The molecule has 0 aliphatic carbocycles. The van der Waals surface area contributed by atoms with Gasteiger partial charge in [0.25, 0.3) is 0 Å². The Balaban J connectivity index is 1.68. The third-order valence-electron chi connectivity index (χ3n) is 4.21. The smallest absolute Gasteiger partial charge is 0.238 e. The van der Waals surface area contributed by atoms with Crippen molar-refractivity contribution in [2.75, 3.05) is 19.0 Å². The molecule has 2 amide bonds. The molecule has 1 aliphatic rings. The van der Waals surface area contributed by atoms with Crippen molar-refractivity contribution in [2.45, 2.75) is 25.0 Å². The largest absolute Gasteiger partial charge is 0.494 e. The molecule has 0 bridgehead atoms. The maximum Gasteiger partial charge on any atom is 0.238 e. The Bertz CT molecular complexity index is 900. The highest BCUT2D eigenvalue weighted by atomic mass is 32.2. The molecule has 2 aromatic carbocycles. The van der Waals surface area contributed by atoms with Crippen molar-refractivity contribution in [2.24, 2.45) is 4.99 Å². The van der Waals surface area contributed by atoms with E-state index in [1.165, 1.54) is 40.9 Å². The minimum Gasteiger partial charge on any atom is -0.494 e. The van der Waals surface area contributed by atoms with E-state index in [0.29, 0.717) is 23.1 Å². The number of amides is 2. The summed E-state index contributed by atoms with van der Waals surface area (Å²) >= 11 is 1.21. The second kappa shape index (κ2) is 9.56. The molecule has 29 heavy (non-hydrogen) atoms. The fraction of sp³-hybridized carbons (Fsp3) is 0.286. The quantitative estimate of drug-likeness (QED) is 0.767. The third-order valence-corrected chi connectivity index (χ3v) is 5.45. The first-order valence-corrected chi connectivity index (χ1v) is 10.2. The average molecular weight is 415 g/mol. The number of carbonyl (C=O) groups is 2. The number of halogens is 1. The van der Waals surface area contributed by atoms with Crippen molar-refractivity contribution < 1.29 is 18.7 Å². The molecular weight excluding hydrogens is 393 g/mol. The third kappa shape index (κ3) is 5.57. The lowest BCUT2D eigenvalue weighted by Crippen LogP contribution is -2.43. The molecule has 1 saturated heterocycles. The SMILES string of the molecule is CCCOc1ccc(NC(=O)[C@H]2CC(=O)N(C)C(=Nc3ccc(F)cc3)S2)cc1. The molecule has 1 fully saturated rings. The van der Waals surface area contributed by atoms with Gasteiger partial charge in [0, 0.05) is 19.2 Å². The summed E-state index contributed by atoms with van der Waals surface area (Å²) in [5.74, 6) is -0.0981. The summed E-state index contributed by atoms with van der Waals surface area (Å²) in [4.78, 5) is 30.8. The maximum atomic E-state index is 13.1. The zero-order valence-corrected chi connectivity index (χ0v) is 17.0. The van der Waals surface area contributed by atoms with Gasteiger partial charge in [-0.3, -0.25) is 14.5 Å². The van der Waals surface area contributed by atoms with Crippen molar-refractivity contribution in [1.29, 1.82) is 0 Å². The van der Waals surface area contributed by atoms with Crippen LogP contribution in [0.25, 0.3) is 0 Å². The van der Waals surface area contributed by atoms with Crippen LogP contribution in [-0.4, -0.2) is 40.8 Å². The summed E-state index contributed by atoms with van der Waals surface area (Å²) in [6.07, 6.45) is 0.995. The second-order valence-corrected chi connectivity index (χ2v) is 7.67. The molecule has 0 unspecified atom stereocenters. The van der Waals surface area contributed by atoms with Gasteiger partial charge in [0.1, 0.15) is 16.8 Å². The number of hydrogen-bond acceptors (Lipinski definition) is 5. The molecule has 1 N–H and O–H groups in total. The van der Waals surface area contributed by atoms with Gasteiger partial charge in [-0.15, -0.1) is 0 Å². The van der Waals surface area contributed by atoms with E-state index < -0.39 is 5.25 Å². The number of nitrogens with one attached hydrogen (secondary N) is 1. The molecule has 1 aliphatic heterocycles. The molecule has 152 valence electrons. The van der Waals surface area contributed by atoms with Gasteiger partial charge in [-0.05, 0) is 55.0 Å². The first kappa shape index (κ1) is 20.9. The number of nitrogens with zero attached hydrogens (tertiary/aromatic N) is 2. The van der Waals surface area contributed by atoms with Crippen molar-refractivity contribution in [3.63, 3.8) is 0 Å². The summed E-state index contributed by atoms with van der Waals surface area (Å²) in [5.41, 5.74) is 1.14. The molecule has 0 spiro atoms. The maximum absolute atomic E-state index is 13.1. The van der Waals surface area contributed by atoms with Gasteiger partial charge in [-0.1, -0.05) is 18.7 Å². The highest BCUT2D eigenvalue weighted by molar-refractivity contribution is 8.15. The Labute approximate surface area is 173 Å². The summed E-state index contributed by atoms with van der Waals surface area (Å²) in [5, 5.41) is 2.63. The number of carbonyl (C=O) groups excluding carboxylic acids is 2. The lowest BCUT2D eigenvalue weighted by Gasteiger charge is -2.28. The topological polar surface area (TPSA) is 71.0 Å². The molecule has 6 nitrogen and oxygen atoms in total. The van der Waals surface area contributed by atoms with E-state index in [1.54, 1.807) is 31.3 Å². The molecule has 2 aromatic rings. The number of benzene rings is 2. The monoisotopic (exact) mass is 415 g/mol. The number of amidine groups is 1. The van der Waals surface area contributed by atoms with E-state index in [2.05, 4.69) is 10.3 Å². The van der Waals surface area contributed by atoms with Gasteiger partial charge in [0.05, 0.1) is 12.3 Å². The lowest BCUT2D eigenvalue weighted by molar-refractivity contribution is -0.128. The molecule has 8 heteroatoms. The Morgan fingerprint density at radius 2 is 1.93 bits per heavy atom. The Kier molecular flexibility index (Phi) is 6.87. The van der Waals surface area contributed by atoms with Crippen molar-refractivity contribution in [3.05, 3.63) is 54.3 Å². The highest BCUT2D eigenvalue weighted by Gasteiger charge is 2.34. The van der Waals surface area contributed by atoms with Gasteiger partial charge in [-0.2, -0.15) is 0 Å². The fourth-order valence-corrected chi connectivity index (χ4v) is 3.67. The summed E-state index contributed by atoms with van der Waals surface area (Å²) in [6, 6.07) is 12.7. The molecule has 0 aromatic heterocycles. The molecule has 3 rings (SSSR count). The predicted octanol–water partition coefficient (Wildman–Crippen LogP) is 4.20. The van der Waals surface area contributed by atoms with Gasteiger partial charge >= 0.3 is 0 Å². The van der Waals surface area contributed by atoms with Crippen LogP contribution >= 0.6 is 11.8 Å². The van der Waals surface area contributed by atoms with Crippen LogP contribution in [0.15, 0.2) is 53.5 Å². The van der Waals surface area contributed by atoms with Crippen LogP contribution in [-0.2, 0) is 9.59 Å². The van der Waals surface area contributed by atoms with E-state index in [9.17, 15) is 14.0 Å². The Morgan fingerprint density at radius 1 is 1.24 bits per heavy atom. The summed E-state index contributed by atoms with van der Waals surface area (Å²) in [7, 11) is 1.61. The normalized spacial score (nSPS) is 18.0. The molecule has 1 heterocycles. The highest BCUT2D eigenvalue weighted by Crippen LogP contribution is 2.29. The number of ether oxygens (including phenoxy) is 1. The zero-order valence-electron chi connectivity index (χ0n) is 16.2. The van der Waals surface area contributed by atoms with Gasteiger partial charge in [0.2, 0.25) is 11.8 Å². The predicted molar refractivity (Wildman–Crippen MR) is 113 cm³/mol. The number of hydrogen-bond donors (Lipinski definition) is 1. The van der Waals surface area contributed by atoms with Crippen LogP contribution in [0.5, 0.6) is 5.75 Å². The van der Waals surface area contributed by atoms with Gasteiger partial charge in [0.15, 0.2) is 5.17 Å². The summed E-state index contributed by atoms with van der Waals surface area (Å²) < 4.78 is 18.6. The van der Waals surface area contributed by atoms with Crippen LogP contribution in [0, 0.1) is 5.82 Å². The number of thioether (sulfide) groups is 1. The van der Waals surface area contributed by atoms with Crippen LogP contribution < -0.4 is 10.1 Å². The van der Waals surface area contributed by atoms with Crippen LogP contribution in [0.4, 0.5) is 15.8 Å². The number of rotatable bonds is 6. The van der Waals surface area contributed by atoms with E-state index in [1.807, 2.05) is 6.92 Å². The fourth-order valence-electron chi connectivity index (χ4n) is 2.60. The molecule has 1 atom stereocenters. The van der Waals surface area contributed by atoms with E-state index >= 15 is 0 Å². The van der Waals surface area contributed by atoms with Crippen LogP contribution in [0.2, 0.25) is 0 Å². The Morgan fingerprint density at radius 3 is 2.59 bits per heavy atom. The van der Waals surface area contributed by atoms with Crippen molar-refractivity contribution in [1.82, 2.24) is 4.90 Å². The van der Waals surface area contributed by atoms with E-state index in [-0.39, 0.29) is 24.1 Å². The first-order chi connectivity index (χ1) is 14.0. The first-order valence-electron chi connectivity index (χ1n) is 9.27. The van der Waals surface area contributed by atoms with Crippen LogP contribution in [0.3, 0.4) is 0 Å². The number of aliphatic imine (C=N–C) groups is 1. The molecular formula is C21H22FN3O3S. The van der Waals surface area contributed by atoms with Crippen LogP contribution in [0.1, 0.15) is 19.8 Å². The standard InChI is InChI=1S/C21H22FN3O3S/c1-3-12-28-17-10-8-15(9-11-17)23-20(27)18-13-19(26)25(2)21(29-18)24-16-6-4-14(22)5-7-16/h4-11,18H,3,12-13H2,1-2H3,(H,23,27)/t18-/m1/s1. The molecule has 0 radical (unpaired) electrons. The lowest BCUT2D eigenvalue weighted by atomic mass is 10.2. The molecule has 0 saturated carbocycles. The zero-order chi connectivity index (χ0) is 20.8. The van der Waals surface area contributed by atoms with Crippen molar-refractivity contribution >= 4 is 40.1 Å². The van der Waals surface area contributed by atoms with Gasteiger partial charge < -0.3 is 10.1 Å².